The van der Waals surface area contributed by atoms with Crippen molar-refractivity contribution in [2.24, 2.45) is 0 Å². The molecule has 0 aromatic rings. The van der Waals surface area contributed by atoms with Gasteiger partial charge in [-0.15, -0.1) is 0 Å². The Morgan fingerprint density at radius 1 is 1.43 bits per heavy atom. The van der Waals surface area contributed by atoms with Gasteiger partial charge in [0.2, 0.25) is 10.0 Å². The Balaban J connectivity index is 2.85. The van der Waals surface area contributed by atoms with Crippen molar-refractivity contribution in [1.82, 2.24) is 9.21 Å². The topological polar surface area (TPSA) is 95.0 Å². The number of carbonyl (C=O) groups excluding carboxylic acids is 1. The van der Waals surface area contributed by atoms with Crippen molar-refractivity contribution < 1.29 is 23.1 Å². The van der Waals surface area contributed by atoms with Gasteiger partial charge >= 0.3 is 12.1 Å². The van der Waals surface area contributed by atoms with Crippen LogP contribution in [0, 0.1) is 0 Å². The summed E-state index contributed by atoms with van der Waals surface area (Å²) in [5, 5.41) is 8.47. The Morgan fingerprint density at radius 3 is 2.36 bits per heavy atom. The predicted octanol–water partition coefficient (Wildman–Crippen LogP) is -0.248. The zero-order valence-corrected chi connectivity index (χ0v) is 8.32. The molecular weight excluding hydrogens is 212 g/mol. The summed E-state index contributed by atoms with van der Waals surface area (Å²) in [6.45, 7) is 0.0544. The largest absolute Gasteiger partial charge is 0.465 e. The fourth-order valence-electron chi connectivity index (χ4n) is 1.10. The molecule has 1 heterocycles. The standard InChI is InChI=1S/C6H10N2O5S/c1-7(6(10)11)5(9)8-3-2-4-14(8,12)13/h2-4H2,1H3,(H,10,11). The lowest BCUT2D eigenvalue weighted by atomic mass is 10.5. The van der Waals surface area contributed by atoms with Crippen molar-refractivity contribution in [2.75, 3.05) is 19.3 Å². The van der Waals surface area contributed by atoms with Gasteiger partial charge < -0.3 is 5.11 Å². The first-order chi connectivity index (χ1) is 6.36. The van der Waals surface area contributed by atoms with E-state index in [0.29, 0.717) is 15.6 Å². The Labute approximate surface area is 81.0 Å². The Kier molecular flexibility index (Phi) is 2.65. The molecule has 0 unspecified atom stereocenters. The fraction of sp³-hybridized carbons (Fsp3) is 0.667. The number of carboxylic acid groups (broad SMARTS) is 1. The SMILES string of the molecule is CN(C(=O)O)C(=O)N1CCCS1(=O)=O. The van der Waals surface area contributed by atoms with Crippen LogP contribution in [0.3, 0.4) is 0 Å². The number of hydrogen-bond donors (Lipinski definition) is 1. The van der Waals surface area contributed by atoms with Crippen LogP contribution in [0.15, 0.2) is 0 Å². The number of carbonyl (C=O) groups is 2. The van der Waals surface area contributed by atoms with Crippen LogP contribution in [-0.2, 0) is 10.0 Å². The first-order valence-electron chi connectivity index (χ1n) is 3.87. The van der Waals surface area contributed by atoms with E-state index in [4.69, 9.17) is 5.11 Å². The maximum absolute atomic E-state index is 11.3. The molecule has 0 aromatic carbocycles. The molecule has 0 bridgehead atoms. The van der Waals surface area contributed by atoms with Crippen molar-refractivity contribution in [3.8, 4) is 0 Å². The lowest BCUT2D eigenvalue weighted by molar-refractivity contribution is 0.150. The highest BCUT2D eigenvalue weighted by Gasteiger charge is 2.35. The highest BCUT2D eigenvalue weighted by Crippen LogP contribution is 2.15. The third kappa shape index (κ3) is 1.79. The molecule has 1 rings (SSSR count). The molecule has 0 saturated carbocycles. The minimum absolute atomic E-state index is 0.0544. The molecule has 80 valence electrons. The number of imide groups is 1. The van der Waals surface area contributed by atoms with Crippen molar-refractivity contribution in [1.29, 1.82) is 0 Å². The van der Waals surface area contributed by atoms with Gasteiger partial charge in [0, 0.05) is 13.6 Å². The van der Waals surface area contributed by atoms with Crippen LogP contribution >= 0.6 is 0 Å². The number of sulfonamides is 1. The van der Waals surface area contributed by atoms with E-state index in [-0.39, 0.29) is 12.3 Å². The normalized spacial score (nSPS) is 19.4. The third-order valence-electron chi connectivity index (χ3n) is 1.89. The van der Waals surface area contributed by atoms with E-state index in [2.05, 4.69) is 0 Å². The first-order valence-corrected chi connectivity index (χ1v) is 5.48. The average Bonchev–Trinajstić information content (AvgIpc) is 2.42. The number of rotatable bonds is 0. The van der Waals surface area contributed by atoms with Crippen molar-refractivity contribution >= 4 is 22.1 Å². The van der Waals surface area contributed by atoms with E-state index < -0.39 is 22.1 Å². The molecule has 0 spiro atoms. The van der Waals surface area contributed by atoms with E-state index >= 15 is 0 Å². The van der Waals surface area contributed by atoms with Gasteiger partial charge in [-0.25, -0.2) is 27.2 Å². The molecule has 0 aromatic heterocycles. The Morgan fingerprint density at radius 2 is 2.00 bits per heavy atom. The first kappa shape index (κ1) is 10.8. The van der Waals surface area contributed by atoms with Gasteiger partial charge in [0.05, 0.1) is 5.75 Å². The van der Waals surface area contributed by atoms with Crippen molar-refractivity contribution in [3.05, 3.63) is 0 Å². The lowest BCUT2D eigenvalue weighted by Gasteiger charge is -2.19. The van der Waals surface area contributed by atoms with E-state index in [0.717, 1.165) is 7.05 Å². The second kappa shape index (κ2) is 3.45. The molecule has 1 saturated heterocycles. The fourth-order valence-corrected chi connectivity index (χ4v) is 2.59. The van der Waals surface area contributed by atoms with Crippen LogP contribution in [0.25, 0.3) is 0 Å². The highest BCUT2D eigenvalue weighted by molar-refractivity contribution is 7.89. The van der Waals surface area contributed by atoms with Gasteiger partial charge in [0.25, 0.3) is 0 Å². The maximum Gasteiger partial charge on any atom is 0.415 e. The third-order valence-corrected chi connectivity index (χ3v) is 3.70. The smallest absolute Gasteiger partial charge is 0.415 e. The van der Waals surface area contributed by atoms with E-state index in [1.54, 1.807) is 0 Å². The second-order valence-electron chi connectivity index (χ2n) is 2.87. The molecule has 1 aliphatic rings. The van der Waals surface area contributed by atoms with Crippen LogP contribution in [0.2, 0.25) is 0 Å². The summed E-state index contributed by atoms with van der Waals surface area (Å²) in [5.41, 5.74) is 0. The summed E-state index contributed by atoms with van der Waals surface area (Å²) in [7, 11) is -2.57. The average molecular weight is 222 g/mol. The zero-order chi connectivity index (χ0) is 10.9. The molecule has 3 amide bonds. The van der Waals surface area contributed by atoms with Gasteiger partial charge in [-0.1, -0.05) is 0 Å². The summed E-state index contributed by atoms with van der Waals surface area (Å²) in [6.07, 6.45) is -1.13. The maximum atomic E-state index is 11.3. The van der Waals surface area contributed by atoms with Gasteiger partial charge in [-0.3, -0.25) is 0 Å². The monoisotopic (exact) mass is 222 g/mol. The van der Waals surface area contributed by atoms with Gasteiger partial charge in [-0.05, 0) is 6.42 Å². The molecule has 8 heteroatoms. The minimum atomic E-state index is -3.59. The molecule has 1 aliphatic heterocycles. The molecule has 0 atom stereocenters. The van der Waals surface area contributed by atoms with Gasteiger partial charge in [0.15, 0.2) is 0 Å². The van der Waals surface area contributed by atoms with E-state index in [1.807, 2.05) is 0 Å². The molecule has 7 nitrogen and oxygen atoms in total. The summed E-state index contributed by atoms with van der Waals surface area (Å²) < 4.78 is 23.0. The van der Waals surface area contributed by atoms with Crippen LogP contribution in [0.1, 0.15) is 6.42 Å². The molecule has 14 heavy (non-hydrogen) atoms. The van der Waals surface area contributed by atoms with Crippen LogP contribution in [0.4, 0.5) is 9.59 Å². The Hall–Kier alpha value is -1.31. The lowest BCUT2D eigenvalue weighted by Crippen LogP contribution is -2.44. The van der Waals surface area contributed by atoms with Gasteiger partial charge in [0.1, 0.15) is 0 Å². The number of amides is 3. The second-order valence-corrected chi connectivity index (χ2v) is 4.88. The number of urea groups is 1. The number of hydrogen-bond acceptors (Lipinski definition) is 4. The van der Waals surface area contributed by atoms with E-state index in [1.165, 1.54) is 0 Å². The van der Waals surface area contributed by atoms with Crippen molar-refractivity contribution in [3.63, 3.8) is 0 Å². The Bertz CT molecular complexity index is 362. The van der Waals surface area contributed by atoms with Crippen LogP contribution < -0.4 is 0 Å². The highest BCUT2D eigenvalue weighted by atomic mass is 32.2. The quantitative estimate of drug-likeness (QED) is 0.609. The minimum Gasteiger partial charge on any atom is -0.465 e. The van der Waals surface area contributed by atoms with Crippen LogP contribution in [0.5, 0.6) is 0 Å². The molecule has 1 N–H and O–H groups in total. The zero-order valence-electron chi connectivity index (χ0n) is 7.50. The van der Waals surface area contributed by atoms with Crippen molar-refractivity contribution in [2.45, 2.75) is 6.42 Å². The molecule has 0 aliphatic carbocycles. The van der Waals surface area contributed by atoms with E-state index in [9.17, 15) is 18.0 Å². The summed E-state index contributed by atoms with van der Waals surface area (Å²) in [6, 6.07) is -1.02. The number of nitrogens with zero attached hydrogens (tertiary/aromatic N) is 2. The summed E-state index contributed by atoms with van der Waals surface area (Å²) in [5.74, 6) is -0.105. The molecular formula is C6H10N2O5S. The summed E-state index contributed by atoms with van der Waals surface area (Å²) >= 11 is 0. The summed E-state index contributed by atoms with van der Waals surface area (Å²) in [4.78, 5) is 22.0. The molecule has 1 fully saturated rings. The predicted molar refractivity (Wildman–Crippen MR) is 46.3 cm³/mol. The van der Waals surface area contributed by atoms with Gasteiger partial charge in [-0.2, -0.15) is 0 Å². The molecule has 0 radical (unpaired) electrons. The van der Waals surface area contributed by atoms with Crippen LogP contribution in [-0.4, -0.2) is 54.2 Å².